The van der Waals surface area contributed by atoms with E-state index in [1.807, 2.05) is 25.1 Å². The lowest BCUT2D eigenvalue weighted by Crippen LogP contribution is -2.29. The van der Waals surface area contributed by atoms with Gasteiger partial charge >= 0.3 is 0 Å². The van der Waals surface area contributed by atoms with Gasteiger partial charge in [0.05, 0.1) is 6.54 Å². The number of nitrogens with one attached hydrogen (secondary N) is 2. The second kappa shape index (κ2) is 6.06. The average molecular weight is 206 g/mol. The smallest absolute Gasteiger partial charge is 0.239 e. The van der Waals surface area contributed by atoms with Gasteiger partial charge in [-0.25, -0.2) is 0 Å². The van der Waals surface area contributed by atoms with Gasteiger partial charge in [0.1, 0.15) is 0 Å². The summed E-state index contributed by atoms with van der Waals surface area (Å²) in [7, 11) is 0. The first-order chi connectivity index (χ1) is 7.27. The van der Waals surface area contributed by atoms with Gasteiger partial charge in [0.25, 0.3) is 0 Å². The molecular weight excluding hydrogens is 188 g/mol. The minimum Gasteiger partial charge on any atom is -0.376 e. The number of rotatable bonds is 5. The summed E-state index contributed by atoms with van der Waals surface area (Å²) in [6.07, 6.45) is 0.971. The number of carbonyl (C=O) groups is 1. The molecule has 1 amide bonds. The van der Waals surface area contributed by atoms with Crippen molar-refractivity contribution in [3.8, 4) is 0 Å². The monoisotopic (exact) mass is 206 g/mol. The van der Waals surface area contributed by atoms with Crippen molar-refractivity contribution in [2.24, 2.45) is 0 Å². The van der Waals surface area contributed by atoms with Crippen molar-refractivity contribution in [1.82, 2.24) is 5.32 Å². The molecular formula is C12H18N2O. The molecule has 3 nitrogen and oxygen atoms in total. The maximum Gasteiger partial charge on any atom is 0.239 e. The number of likely N-dealkylation sites (N-methyl/N-ethyl adjacent to an activating group) is 1. The molecule has 0 aromatic heterocycles. The van der Waals surface area contributed by atoms with E-state index in [4.69, 9.17) is 0 Å². The molecule has 15 heavy (non-hydrogen) atoms. The number of para-hydroxylation sites is 1. The van der Waals surface area contributed by atoms with E-state index in [0.29, 0.717) is 13.1 Å². The molecule has 2 N–H and O–H groups in total. The summed E-state index contributed by atoms with van der Waals surface area (Å²) < 4.78 is 0. The highest BCUT2D eigenvalue weighted by molar-refractivity contribution is 5.80. The van der Waals surface area contributed by atoms with Crippen LogP contribution in [0, 0.1) is 0 Å². The third-order valence-electron chi connectivity index (χ3n) is 2.21. The highest BCUT2D eigenvalue weighted by atomic mass is 16.1. The first-order valence-corrected chi connectivity index (χ1v) is 5.36. The van der Waals surface area contributed by atoms with E-state index in [2.05, 4.69) is 23.6 Å². The average Bonchev–Trinajstić information content (AvgIpc) is 2.27. The Kier molecular flexibility index (Phi) is 4.68. The van der Waals surface area contributed by atoms with Crippen LogP contribution in [0.15, 0.2) is 24.3 Å². The fourth-order valence-electron chi connectivity index (χ4n) is 1.44. The molecule has 3 heteroatoms. The lowest BCUT2D eigenvalue weighted by atomic mass is 10.1. The van der Waals surface area contributed by atoms with Gasteiger partial charge in [0.15, 0.2) is 0 Å². The van der Waals surface area contributed by atoms with Gasteiger partial charge < -0.3 is 10.6 Å². The van der Waals surface area contributed by atoms with Crippen LogP contribution in [-0.2, 0) is 11.2 Å². The quantitative estimate of drug-likeness (QED) is 0.771. The maximum absolute atomic E-state index is 11.2. The van der Waals surface area contributed by atoms with E-state index in [1.54, 1.807) is 0 Å². The molecule has 0 atom stereocenters. The summed E-state index contributed by atoms with van der Waals surface area (Å²) in [6.45, 7) is 5.03. The number of anilines is 1. The first kappa shape index (κ1) is 11.6. The number of carbonyl (C=O) groups excluding carboxylic acids is 1. The van der Waals surface area contributed by atoms with Crippen molar-refractivity contribution in [1.29, 1.82) is 0 Å². The minimum atomic E-state index is 0.0309. The lowest BCUT2D eigenvalue weighted by Gasteiger charge is -2.10. The van der Waals surface area contributed by atoms with Crippen LogP contribution in [0.4, 0.5) is 5.69 Å². The molecule has 0 radical (unpaired) electrons. The third-order valence-corrected chi connectivity index (χ3v) is 2.21. The highest BCUT2D eigenvalue weighted by Gasteiger charge is 2.01. The highest BCUT2D eigenvalue weighted by Crippen LogP contribution is 2.14. The van der Waals surface area contributed by atoms with Crippen LogP contribution < -0.4 is 10.6 Å². The molecule has 0 bridgehead atoms. The summed E-state index contributed by atoms with van der Waals surface area (Å²) in [4.78, 5) is 11.2. The van der Waals surface area contributed by atoms with Gasteiger partial charge in [0, 0.05) is 12.2 Å². The summed E-state index contributed by atoms with van der Waals surface area (Å²) in [5, 5.41) is 5.89. The zero-order valence-electron chi connectivity index (χ0n) is 9.34. The molecule has 0 aliphatic heterocycles. The van der Waals surface area contributed by atoms with E-state index < -0.39 is 0 Å². The summed E-state index contributed by atoms with van der Waals surface area (Å²) >= 11 is 0. The predicted molar refractivity (Wildman–Crippen MR) is 63.0 cm³/mol. The van der Waals surface area contributed by atoms with Gasteiger partial charge in [-0.1, -0.05) is 25.1 Å². The van der Waals surface area contributed by atoms with Gasteiger partial charge in [-0.2, -0.15) is 0 Å². The molecule has 0 heterocycles. The van der Waals surface area contributed by atoms with Crippen LogP contribution in [0.3, 0.4) is 0 Å². The molecule has 0 spiro atoms. The number of hydrogen-bond acceptors (Lipinski definition) is 2. The Morgan fingerprint density at radius 2 is 2.00 bits per heavy atom. The number of amides is 1. The Bertz CT molecular complexity index is 323. The largest absolute Gasteiger partial charge is 0.376 e. The molecule has 0 aliphatic rings. The summed E-state index contributed by atoms with van der Waals surface area (Å²) in [5.74, 6) is 0.0309. The van der Waals surface area contributed by atoms with Gasteiger partial charge in [-0.15, -0.1) is 0 Å². The van der Waals surface area contributed by atoms with E-state index in [0.717, 1.165) is 12.1 Å². The maximum atomic E-state index is 11.2. The molecule has 0 saturated carbocycles. The predicted octanol–water partition coefficient (Wildman–Crippen LogP) is 1.80. The Balaban J connectivity index is 2.53. The van der Waals surface area contributed by atoms with Crippen molar-refractivity contribution < 1.29 is 4.79 Å². The Hall–Kier alpha value is -1.51. The van der Waals surface area contributed by atoms with E-state index in [-0.39, 0.29) is 5.91 Å². The van der Waals surface area contributed by atoms with E-state index >= 15 is 0 Å². The van der Waals surface area contributed by atoms with Crippen LogP contribution in [-0.4, -0.2) is 19.0 Å². The Morgan fingerprint density at radius 3 is 2.67 bits per heavy atom. The fraction of sp³-hybridized carbons (Fsp3) is 0.417. The molecule has 82 valence electrons. The first-order valence-electron chi connectivity index (χ1n) is 5.36. The van der Waals surface area contributed by atoms with Crippen molar-refractivity contribution >= 4 is 11.6 Å². The Morgan fingerprint density at radius 1 is 1.27 bits per heavy atom. The van der Waals surface area contributed by atoms with Crippen molar-refractivity contribution in [3.05, 3.63) is 29.8 Å². The molecule has 1 rings (SSSR count). The van der Waals surface area contributed by atoms with Crippen molar-refractivity contribution in [2.75, 3.05) is 18.4 Å². The van der Waals surface area contributed by atoms with Crippen LogP contribution in [0.25, 0.3) is 0 Å². The minimum absolute atomic E-state index is 0.0309. The molecule has 0 fully saturated rings. The summed E-state index contributed by atoms with van der Waals surface area (Å²) in [6, 6.07) is 8.05. The zero-order valence-corrected chi connectivity index (χ0v) is 9.34. The van der Waals surface area contributed by atoms with Gasteiger partial charge in [0.2, 0.25) is 5.91 Å². The number of benzene rings is 1. The standard InChI is InChI=1S/C12H18N2O/c1-3-10-7-5-6-8-11(10)14-9-12(15)13-4-2/h5-8,14H,3-4,9H2,1-2H3,(H,13,15). The third kappa shape index (κ3) is 3.62. The van der Waals surface area contributed by atoms with Crippen molar-refractivity contribution in [3.63, 3.8) is 0 Å². The fourth-order valence-corrected chi connectivity index (χ4v) is 1.44. The van der Waals surface area contributed by atoms with Crippen LogP contribution in [0.2, 0.25) is 0 Å². The lowest BCUT2D eigenvalue weighted by molar-refractivity contribution is -0.119. The van der Waals surface area contributed by atoms with E-state index in [1.165, 1.54) is 5.56 Å². The topological polar surface area (TPSA) is 41.1 Å². The van der Waals surface area contributed by atoms with Crippen LogP contribution in [0.1, 0.15) is 19.4 Å². The van der Waals surface area contributed by atoms with Gasteiger partial charge in [-0.05, 0) is 25.0 Å². The normalized spacial score (nSPS) is 9.73. The molecule has 0 saturated heterocycles. The molecule has 0 aliphatic carbocycles. The number of hydrogen-bond donors (Lipinski definition) is 2. The summed E-state index contributed by atoms with van der Waals surface area (Å²) in [5.41, 5.74) is 2.29. The van der Waals surface area contributed by atoms with Crippen molar-refractivity contribution in [2.45, 2.75) is 20.3 Å². The molecule has 1 aromatic carbocycles. The van der Waals surface area contributed by atoms with Crippen LogP contribution in [0.5, 0.6) is 0 Å². The second-order valence-corrected chi connectivity index (χ2v) is 3.32. The Labute approximate surface area is 90.9 Å². The van der Waals surface area contributed by atoms with E-state index in [9.17, 15) is 4.79 Å². The molecule has 1 aromatic rings. The number of aryl methyl sites for hydroxylation is 1. The SMILES string of the molecule is CCNC(=O)CNc1ccccc1CC. The zero-order chi connectivity index (χ0) is 11.1. The molecule has 0 unspecified atom stereocenters. The van der Waals surface area contributed by atoms with Crippen LogP contribution >= 0.6 is 0 Å². The second-order valence-electron chi connectivity index (χ2n) is 3.32. The van der Waals surface area contributed by atoms with Gasteiger partial charge in [-0.3, -0.25) is 4.79 Å².